The topological polar surface area (TPSA) is 90.2 Å². The lowest BCUT2D eigenvalue weighted by Crippen LogP contribution is -2.68. The van der Waals surface area contributed by atoms with Crippen molar-refractivity contribution < 1.29 is 25.2 Å². The van der Waals surface area contributed by atoms with Crippen LogP contribution in [0.25, 0.3) is 0 Å². The molecule has 1 saturated heterocycles. The molecule has 0 radical (unpaired) electrons. The van der Waals surface area contributed by atoms with Crippen LogP contribution in [0, 0.1) is 38.9 Å². The molecule has 0 unspecified atom stereocenters. The molecule has 4 N–H and O–H groups in total. The van der Waals surface area contributed by atoms with Crippen molar-refractivity contribution in [2.45, 2.75) is 143 Å². The molecule has 5 rings (SSSR count). The van der Waals surface area contributed by atoms with Gasteiger partial charge in [0, 0.05) is 11.3 Å². The van der Waals surface area contributed by atoms with Crippen LogP contribution in [-0.4, -0.2) is 56.0 Å². The van der Waals surface area contributed by atoms with E-state index in [4.69, 9.17) is 4.74 Å². The Labute approximate surface area is 218 Å². The van der Waals surface area contributed by atoms with Gasteiger partial charge in [-0.1, -0.05) is 53.2 Å². The molecular weight excluding hydrogens is 452 g/mol. The van der Waals surface area contributed by atoms with E-state index in [1.54, 1.807) is 0 Å². The SMILES string of the molecule is CC(C)(O)[C@@H]1CC[C@](C)([C@H]2[C@@H](O)C[C@@]3(C)[C@@H]4C[C@H](O)[C@@]5(C)C(C)(C)[C@@H](O)CC[C@]5(C)C4=CC[C@]23C)O1. The molecule has 1 aliphatic heterocycles. The van der Waals surface area contributed by atoms with E-state index in [0.717, 1.165) is 32.1 Å². The van der Waals surface area contributed by atoms with E-state index in [-0.39, 0.29) is 34.2 Å². The van der Waals surface area contributed by atoms with Crippen LogP contribution < -0.4 is 0 Å². The molecule has 0 bridgehead atoms. The van der Waals surface area contributed by atoms with Gasteiger partial charge in [-0.2, -0.15) is 0 Å². The Balaban J connectivity index is 1.57. The van der Waals surface area contributed by atoms with Crippen molar-refractivity contribution in [1.29, 1.82) is 0 Å². The van der Waals surface area contributed by atoms with Crippen molar-refractivity contribution >= 4 is 0 Å². The molecule has 11 atom stereocenters. The van der Waals surface area contributed by atoms with E-state index < -0.39 is 40.3 Å². The van der Waals surface area contributed by atoms with Gasteiger partial charge in [0.05, 0.1) is 35.6 Å². The van der Waals surface area contributed by atoms with Crippen LogP contribution in [0.15, 0.2) is 11.6 Å². The third kappa shape index (κ3) is 3.01. The van der Waals surface area contributed by atoms with Gasteiger partial charge in [0.1, 0.15) is 0 Å². The highest BCUT2D eigenvalue weighted by Crippen LogP contribution is 2.76. The summed E-state index contributed by atoms with van der Waals surface area (Å²) in [6.07, 6.45) is 6.32. The Morgan fingerprint density at radius 2 is 1.53 bits per heavy atom. The first kappa shape index (κ1) is 27.1. The van der Waals surface area contributed by atoms with Crippen molar-refractivity contribution in [2.75, 3.05) is 0 Å². The van der Waals surface area contributed by atoms with E-state index in [1.165, 1.54) is 5.57 Å². The zero-order valence-electron chi connectivity index (χ0n) is 24.2. The first-order chi connectivity index (χ1) is 16.3. The summed E-state index contributed by atoms with van der Waals surface area (Å²) < 4.78 is 6.64. The van der Waals surface area contributed by atoms with Gasteiger partial charge in [0.2, 0.25) is 0 Å². The highest BCUT2D eigenvalue weighted by atomic mass is 16.5. The Bertz CT molecular complexity index is 951. The van der Waals surface area contributed by atoms with Crippen LogP contribution in [0.2, 0.25) is 0 Å². The summed E-state index contributed by atoms with van der Waals surface area (Å²) in [6, 6.07) is 0. The maximum absolute atomic E-state index is 11.9. The van der Waals surface area contributed by atoms with Crippen LogP contribution in [0.1, 0.15) is 107 Å². The van der Waals surface area contributed by atoms with E-state index in [9.17, 15) is 20.4 Å². The maximum atomic E-state index is 11.9. The number of fused-ring (bicyclic) bond motifs is 5. The third-order valence-electron chi connectivity index (χ3n) is 13.7. The first-order valence-electron chi connectivity index (χ1n) is 14.4. The van der Waals surface area contributed by atoms with Gasteiger partial charge in [-0.25, -0.2) is 0 Å². The van der Waals surface area contributed by atoms with Gasteiger partial charge in [0.25, 0.3) is 0 Å². The molecule has 36 heavy (non-hydrogen) atoms. The minimum absolute atomic E-state index is 0.0389. The van der Waals surface area contributed by atoms with Gasteiger partial charge >= 0.3 is 0 Å². The van der Waals surface area contributed by atoms with Gasteiger partial charge in [0.15, 0.2) is 0 Å². The fourth-order valence-corrected chi connectivity index (χ4v) is 10.7. The largest absolute Gasteiger partial charge is 0.393 e. The van der Waals surface area contributed by atoms with E-state index in [2.05, 4.69) is 54.5 Å². The molecule has 1 heterocycles. The Kier molecular flexibility index (Phi) is 5.72. The highest BCUT2D eigenvalue weighted by Gasteiger charge is 2.73. The van der Waals surface area contributed by atoms with E-state index in [0.29, 0.717) is 12.8 Å². The van der Waals surface area contributed by atoms with Gasteiger partial charge in [-0.3, -0.25) is 0 Å². The molecule has 0 aromatic rings. The van der Waals surface area contributed by atoms with Gasteiger partial charge in [-0.15, -0.1) is 0 Å². The number of ether oxygens (including phenoxy) is 1. The van der Waals surface area contributed by atoms with Crippen LogP contribution in [-0.2, 0) is 4.74 Å². The lowest BCUT2D eigenvalue weighted by atomic mass is 9.35. The molecule has 0 amide bonds. The van der Waals surface area contributed by atoms with Gasteiger partial charge < -0.3 is 25.2 Å². The summed E-state index contributed by atoms with van der Waals surface area (Å²) in [5, 5.41) is 45.3. The average molecular weight is 505 g/mol. The second kappa shape index (κ2) is 7.59. The molecule has 3 saturated carbocycles. The summed E-state index contributed by atoms with van der Waals surface area (Å²) in [7, 11) is 0. The van der Waals surface area contributed by atoms with Crippen molar-refractivity contribution in [3.63, 3.8) is 0 Å². The maximum Gasteiger partial charge on any atom is 0.0865 e. The zero-order chi connectivity index (χ0) is 26.9. The van der Waals surface area contributed by atoms with Crippen LogP contribution >= 0.6 is 0 Å². The average Bonchev–Trinajstić information content (AvgIpc) is 3.24. The normalized spacial score (nSPS) is 56.5. The number of aliphatic hydroxyl groups is 4. The van der Waals surface area contributed by atoms with Gasteiger partial charge in [-0.05, 0) is 93.3 Å². The van der Waals surface area contributed by atoms with E-state index >= 15 is 0 Å². The molecule has 0 aromatic carbocycles. The Hall–Kier alpha value is -0.460. The smallest absolute Gasteiger partial charge is 0.0865 e. The summed E-state index contributed by atoms with van der Waals surface area (Å²) in [6.45, 7) is 19.3. The van der Waals surface area contributed by atoms with E-state index in [1.807, 2.05) is 13.8 Å². The fourth-order valence-electron chi connectivity index (χ4n) is 10.7. The quantitative estimate of drug-likeness (QED) is 0.398. The monoisotopic (exact) mass is 504 g/mol. The van der Waals surface area contributed by atoms with Crippen molar-refractivity contribution in [3.8, 4) is 0 Å². The molecule has 0 aromatic heterocycles. The molecule has 4 aliphatic carbocycles. The summed E-state index contributed by atoms with van der Waals surface area (Å²) in [5.41, 5.74) is -1.34. The highest BCUT2D eigenvalue weighted by molar-refractivity contribution is 5.37. The van der Waals surface area contributed by atoms with Crippen LogP contribution in [0.5, 0.6) is 0 Å². The predicted molar refractivity (Wildman–Crippen MR) is 141 cm³/mol. The van der Waals surface area contributed by atoms with Crippen LogP contribution in [0.3, 0.4) is 0 Å². The standard InChI is InChI=1S/C31H52O5/c1-25(2)21(33)11-14-27(5)18-10-13-28(6)24(30(8)15-12-23(36-30)26(3,4)35)20(32)17-29(28,7)19(18)16-22(34)31(25,27)9/h10,19-24,32-35H,11-17H2,1-9H3/t19-,20+,21+,22+,23+,24+,27-,28-,29+,30-,31+/m1/s1. The minimum atomic E-state index is -0.907. The molecule has 5 heteroatoms. The number of hydrogen-bond donors (Lipinski definition) is 4. The molecule has 5 nitrogen and oxygen atoms in total. The lowest BCUT2D eigenvalue weighted by molar-refractivity contribution is -0.227. The summed E-state index contributed by atoms with van der Waals surface area (Å²) >= 11 is 0. The van der Waals surface area contributed by atoms with Crippen molar-refractivity contribution in [2.24, 2.45) is 38.9 Å². The second-order valence-electron chi connectivity index (χ2n) is 15.7. The molecular formula is C31H52O5. The third-order valence-corrected chi connectivity index (χ3v) is 13.7. The molecule has 5 aliphatic rings. The second-order valence-corrected chi connectivity index (χ2v) is 15.7. The van der Waals surface area contributed by atoms with Crippen molar-refractivity contribution in [3.05, 3.63) is 11.6 Å². The van der Waals surface area contributed by atoms with Crippen LogP contribution in [0.4, 0.5) is 0 Å². The first-order valence-corrected chi connectivity index (χ1v) is 14.4. The van der Waals surface area contributed by atoms with Crippen molar-refractivity contribution in [1.82, 2.24) is 0 Å². The molecule has 4 fully saturated rings. The Morgan fingerprint density at radius 1 is 0.889 bits per heavy atom. The zero-order valence-corrected chi connectivity index (χ0v) is 24.2. The number of hydrogen-bond acceptors (Lipinski definition) is 5. The summed E-state index contributed by atoms with van der Waals surface area (Å²) in [4.78, 5) is 0. The fraction of sp³-hybridized carbons (Fsp3) is 0.935. The minimum Gasteiger partial charge on any atom is -0.393 e. The Morgan fingerprint density at radius 3 is 2.11 bits per heavy atom. The molecule has 206 valence electrons. The predicted octanol–water partition coefficient (Wildman–Crippen LogP) is 4.99. The molecule has 0 spiro atoms. The summed E-state index contributed by atoms with van der Waals surface area (Å²) in [5.74, 6) is 0.146. The lowest BCUT2D eigenvalue weighted by Gasteiger charge is -2.70. The number of aliphatic hydroxyl groups excluding tert-OH is 3. The number of allylic oxidation sites excluding steroid dienone is 2. The number of rotatable bonds is 2.